The van der Waals surface area contributed by atoms with Gasteiger partial charge < -0.3 is 4.74 Å². The lowest BCUT2D eigenvalue weighted by atomic mass is 10.2. The number of hydrogen-bond donors (Lipinski definition) is 1. The van der Waals surface area contributed by atoms with Crippen molar-refractivity contribution >= 4 is 34.0 Å². The molecule has 4 nitrogen and oxygen atoms in total. The molecule has 1 heterocycles. The van der Waals surface area contributed by atoms with Gasteiger partial charge in [0.25, 0.3) is 5.91 Å². The third kappa shape index (κ3) is 5.55. The van der Waals surface area contributed by atoms with E-state index in [9.17, 15) is 4.79 Å². The van der Waals surface area contributed by atoms with E-state index in [0.717, 1.165) is 29.8 Å². The monoisotopic (exact) mass is 400 g/mol. The number of carbonyl (C=O) groups is 1. The van der Waals surface area contributed by atoms with Gasteiger partial charge in [-0.05, 0) is 42.8 Å². The second kappa shape index (κ2) is 9.53. The van der Waals surface area contributed by atoms with Crippen LogP contribution in [0, 0.1) is 0 Å². The molecule has 1 N–H and O–H groups in total. The van der Waals surface area contributed by atoms with Crippen LogP contribution in [0.3, 0.4) is 0 Å². The van der Waals surface area contributed by atoms with Crippen LogP contribution in [-0.4, -0.2) is 17.5 Å². The average Bonchev–Trinajstić information content (AvgIpc) is 3.15. The van der Waals surface area contributed by atoms with Gasteiger partial charge in [-0.15, -0.1) is 11.3 Å². The summed E-state index contributed by atoms with van der Waals surface area (Å²) < 4.78 is 5.67. The molecule has 3 aromatic rings. The lowest BCUT2D eigenvalue weighted by molar-refractivity contribution is 0.102. The zero-order chi connectivity index (χ0) is 19.1. The number of nitrogens with one attached hydrogen (secondary N) is 1. The highest BCUT2D eigenvalue weighted by molar-refractivity contribution is 7.14. The molecule has 0 unspecified atom stereocenters. The van der Waals surface area contributed by atoms with Crippen molar-refractivity contribution in [3.05, 3.63) is 64.5 Å². The molecule has 0 saturated heterocycles. The van der Waals surface area contributed by atoms with E-state index in [0.29, 0.717) is 22.3 Å². The van der Waals surface area contributed by atoms with Gasteiger partial charge in [0.15, 0.2) is 5.13 Å². The van der Waals surface area contributed by atoms with Crippen LogP contribution in [0.25, 0.3) is 11.3 Å². The van der Waals surface area contributed by atoms with E-state index in [1.165, 1.54) is 17.8 Å². The topological polar surface area (TPSA) is 51.2 Å². The lowest BCUT2D eigenvalue weighted by Gasteiger charge is -2.07. The van der Waals surface area contributed by atoms with Crippen LogP contribution >= 0.6 is 22.9 Å². The number of rotatable bonds is 8. The first-order chi connectivity index (χ1) is 13.2. The van der Waals surface area contributed by atoms with Crippen LogP contribution in [0.15, 0.2) is 53.9 Å². The molecule has 140 valence electrons. The normalized spacial score (nSPS) is 10.6. The van der Waals surface area contributed by atoms with Crippen molar-refractivity contribution in [1.82, 2.24) is 4.98 Å². The summed E-state index contributed by atoms with van der Waals surface area (Å²) in [4.78, 5) is 16.9. The van der Waals surface area contributed by atoms with E-state index in [-0.39, 0.29) is 5.91 Å². The predicted molar refractivity (Wildman–Crippen MR) is 112 cm³/mol. The number of anilines is 1. The molecule has 0 aliphatic rings. The Balaban J connectivity index is 1.58. The fraction of sp³-hybridized carbons (Fsp3) is 0.238. The van der Waals surface area contributed by atoms with Crippen LogP contribution in [0.4, 0.5) is 5.13 Å². The molecule has 6 heteroatoms. The Labute approximate surface area is 168 Å². The SMILES string of the molecule is CCCCCOc1ccc(C(=O)Nc2nc(-c3ccc(Cl)cc3)cs2)cc1. The Kier molecular flexibility index (Phi) is 6.85. The third-order valence-electron chi connectivity index (χ3n) is 4.00. The number of benzene rings is 2. The standard InChI is InChI=1S/C21H21ClN2O2S/c1-2-3-4-13-26-18-11-7-16(8-12-18)20(25)24-21-23-19(14-27-21)15-5-9-17(22)10-6-15/h5-12,14H,2-4,13H2,1H3,(H,23,24,25). The number of thiazole rings is 1. The maximum absolute atomic E-state index is 12.4. The molecule has 1 amide bonds. The van der Waals surface area contributed by atoms with Gasteiger partial charge in [-0.25, -0.2) is 4.98 Å². The minimum Gasteiger partial charge on any atom is -0.494 e. The first-order valence-electron chi connectivity index (χ1n) is 8.91. The summed E-state index contributed by atoms with van der Waals surface area (Å²) in [6, 6.07) is 14.6. The van der Waals surface area contributed by atoms with Crippen LogP contribution in [0.2, 0.25) is 5.02 Å². The van der Waals surface area contributed by atoms with Gasteiger partial charge in [0.05, 0.1) is 12.3 Å². The number of nitrogens with zero attached hydrogens (tertiary/aromatic N) is 1. The molecular formula is C21H21ClN2O2S. The summed E-state index contributed by atoms with van der Waals surface area (Å²) in [5, 5.41) is 5.99. The van der Waals surface area contributed by atoms with Gasteiger partial charge in [-0.1, -0.05) is 43.5 Å². The highest BCUT2D eigenvalue weighted by Gasteiger charge is 2.10. The van der Waals surface area contributed by atoms with Crippen molar-refractivity contribution in [3.8, 4) is 17.0 Å². The van der Waals surface area contributed by atoms with E-state index >= 15 is 0 Å². The van der Waals surface area contributed by atoms with E-state index < -0.39 is 0 Å². The summed E-state index contributed by atoms with van der Waals surface area (Å²) in [5.74, 6) is 0.589. The fourth-order valence-corrected chi connectivity index (χ4v) is 3.34. The van der Waals surface area contributed by atoms with Crippen LogP contribution in [0.5, 0.6) is 5.75 Å². The molecule has 0 aliphatic heterocycles. The molecule has 3 rings (SSSR count). The van der Waals surface area contributed by atoms with E-state index in [4.69, 9.17) is 16.3 Å². The maximum atomic E-state index is 12.4. The van der Waals surface area contributed by atoms with Crippen LogP contribution < -0.4 is 10.1 Å². The van der Waals surface area contributed by atoms with Crippen molar-refractivity contribution in [1.29, 1.82) is 0 Å². The minimum absolute atomic E-state index is 0.190. The summed E-state index contributed by atoms with van der Waals surface area (Å²) in [6.45, 7) is 2.86. The van der Waals surface area contributed by atoms with E-state index in [2.05, 4.69) is 17.2 Å². The Morgan fingerprint density at radius 2 is 1.85 bits per heavy atom. The summed E-state index contributed by atoms with van der Waals surface area (Å²) in [6.07, 6.45) is 3.37. The maximum Gasteiger partial charge on any atom is 0.257 e. The second-order valence-corrected chi connectivity index (χ2v) is 7.37. The Morgan fingerprint density at radius 1 is 1.11 bits per heavy atom. The van der Waals surface area contributed by atoms with Gasteiger partial charge >= 0.3 is 0 Å². The smallest absolute Gasteiger partial charge is 0.257 e. The fourth-order valence-electron chi connectivity index (χ4n) is 2.50. The summed E-state index contributed by atoms with van der Waals surface area (Å²) in [7, 11) is 0. The van der Waals surface area contributed by atoms with Gasteiger partial charge in [0.1, 0.15) is 5.75 Å². The molecule has 1 aromatic heterocycles. The van der Waals surface area contributed by atoms with Gasteiger partial charge in [0.2, 0.25) is 0 Å². The van der Waals surface area contributed by atoms with E-state index in [1.807, 2.05) is 41.8 Å². The van der Waals surface area contributed by atoms with Crippen molar-refractivity contribution in [3.63, 3.8) is 0 Å². The lowest BCUT2D eigenvalue weighted by Crippen LogP contribution is -2.11. The average molecular weight is 401 g/mol. The van der Waals surface area contributed by atoms with Crippen LogP contribution in [0.1, 0.15) is 36.5 Å². The minimum atomic E-state index is -0.190. The molecule has 0 radical (unpaired) electrons. The van der Waals surface area contributed by atoms with Gasteiger partial charge in [-0.2, -0.15) is 0 Å². The molecule has 0 bridgehead atoms. The van der Waals surface area contributed by atoms with Crippen molar-refractivity contribution in [2.45, 2.75) is 26.2 Å². The largest absolute Gasteiger partial charge is 0.494 e. The molecule has 27 heavy (non-hydrogen) atoms. The van der Waals surface area contributed by atoms with Crippen molar-refractivity contribution in [2.24, 2.45) is 0 Å². The summed E-state index contributed by atoms with van der Waals surface area (Å²) >= 11 is 7.30. The molecular weight excluding hydrogens is 380 g/mol. The first kappa shape index (κ1) is 19.4. The third-order valence-corrected chi connectivity index (χ3v) is 5.01. The highest BCUT2D eigenvalue weighted by Crippen LogP contribution is 2.26. The zero-order valence-electron chi connectivity index (χ0n) is 15.1. The molecule has 2 aromatic carbocycles. The number of halogens is 1. The molecule has 0 atom stereocenters. The molecule has 0 fully saturated rings. The number of ether oxygens (including phenoxy) is 1. The molecule has 0 spiro atoms. The predicted octanol–water partition coefficient (Wildman–Crippen LogP) is 6.28. The number of unbranched alkanes of at least 4 members (excludes halogenated alkanes) is 2. The summed E-state index contributed by atoms with van der Waals surface area (Å²) in [5.41, 5.74) is 2.34. The molecule has 0 saturated carbocycles. The van der Waals surface area contributed by atoms with Crippen molar-refractivity contribution in [2.75, 3.05) is 11.9 Å². The number of carbonyl (C=O) groups excluding carboxylic acids is 1. The van der Waals surface area contributed by atoms with Gasteiger partial charge in [0, 0.05) is 21.5 Å². The number of amides is 1. The first-order valence-corrected chi connectivity index (χ1v) is 10.2. The van der Waals surface area contributed by atoms with Crippen LogP contribution in [-0.2, 0) is 0 Å². The second-order valence-electron chi connectivity index (χ2n) is 6.08. The molecule has 0 aliphatic carbocycles. The van der Waals surface area contributed by atoms with Crippen molar-refractivity contribution < 1.29 is 9.53 Å². The zero-order valence-corrected chi connectivity index (χ0v) is 16.6. The van der Waals surface area contributed by atoms with Gasteiger partial charge in [-0.3, -0.25) is 10.1 Å². The number of hydrogen-bond acceptors (Lipinski definition) is 4. The number of aromatic nitrogens is 1. The van der Waals surface area contributed by atoms with E-state index in [1.54, 1.807) is 12.1 Å². The highest BCUT2D eigenvalue weighted by atomic mass is 35.5. The quantitative estimate of drug-likeness (QED) is 0.452. The Hall–Kier alpha value is -2.37. The Bertz CT molecular complexity index is 876. The Morgan fingerprint density at radius 3 is 2.56 bits per heavy atom.